The number of aliphatic carboxylic acids is 1. The van der Waals surface area contributed by atoms with Crippen LogP contribution in [-0.2, 0) is 9.53 Å². The van der Waals surface area contributed by atoms with Crippen LogP contribution in [-0.4, -0.2) is 88.7 Å². The first kappa shape index (κ1) is 20.7. The molecule has 0 aliphatic carbocycles. The van der Waals surface area contributed by atoms with E-state index in [4.69, 9.17) is 16.3 Å². The molecule has 0 aromatic carbocycles. The highest BCUT2D eigenvalue weighted by Crippen LogP contribution is 2.32. The van der Waals surface area contributed by atoms with Crippen molar-refractivity contribution in [1.29, 1.82) is 0 Å². The summed E-state index contributed by atoms with van der Waals surface area (Å²) in [6.45, 7) is -0.0795. The lowest BCUT2D eigenvalue weighted by molar-refractivity contribution is -0.144. The topological polar surface area (TPSA) is 186 Å². The van der Waals surface area contributed by atoms with E-state index in [0.29, 0.717) is 23.3 Å². The standard InChI is InChI=1S/C15H23N7O5S/c1-28-3-2-7(15(25)26)22(17)4-8-10(23)11(24)14(27-8)21-6-20-9-12(16)18-5-19-13(9)21/h5-8,10-11,14,23-24H,2-4,17H2,1H3,(H,25,26)(H2,16,18,19)/t7-,8+,10+,11+,14+/m0/s1. The molecule has 5 atom stereocenters. The Morgan fingerprint density at radius 2 is 2.14 bits per heavy atom. The van der Waals surface area contributed by atoms with Crippen LogP contribution < -0.4 is 11.6 Å². The Morgan fingerprint density at radius 3 is 2.82 bits per heavy atom. The third-order valence-electron chi connectivity index (χ3n) is 4.67. The summed E-state index contributed by atoms with van der Waals surface area (Å²) in [5.41, 5.74) is 6.46. The number of rotatable bonds is 8. The molecule has 7 N–H and O–H groups in total. The number of thioether (sulfide) groups is 1. The fraction of sp³-hybridized carbons (Fsp3) is 0.600. The maximum absolute atomic E-state index is 11.5. The highest BCUT2D eigenvalue weighted by molar-refractivity contribution is 7.98. The second kappa shape index (κ2) is 8.55. The van der Waals surface area contributed by atoms with Gasteiger partial charge < -0.3 is 25.8 Å². The first-order chi connectivity index (χ1) is 13.3. The van der Waals surface area contributed by atoms with Gasteiger partial charge in [0.25, 0.3) is 0 Å². The minimum Gasteiger partial charge on any atom is -0.480 e. The highest BCUT2D eigenvalue weighted by atomic mass is 32.2. The van der Waals surface area contributed by atoms with Crippen molar-refractivity contribution in [3.63, 3.8) is 0 Å². The molecule has 0 radical (unpaired) electrons. The molecule has 13 heteroatoms. The van der Waals surface area contributed by atoms with Gasteiger partial charge in [-0.15, -0.1) is 0 Å². The van der Waals surface area contributed by atoms with E-state index in [1.807, 2.05) is 6.26 Å². The third kappa shape index (κ3) is 3.90. The van der Waals surface area contributed by atoms with Crippen molar-refractivity contribution in [3.05, 3.63) is 12.7 Å². The number of aliphatic hydroxyl groups is 2. The van der Waals surface area contributed by atoms with Crippen molar-refractivity contribution < 1.29 is 24.9 Å². The van der Waals surface area contributed by atoms with Crippen molar-refractivity contribution in [1.82, 2.24) is 24.5 Å². The zero-order valence-corrected chi connectivity index (χ0v) is 15.9. The Balaban J connectivity index is 1.76. The summed E-state index contributed by atoms with van der Waals surface area (Å²) in [6.07, 6.45) is 0.400. The molecule has 1 saturated heterocycles. The van der Waals surface area contributed by atoms with E-state index >= 15 is 0 Å². The van der Waals surface area contributed by atoms with Crippen molar-refractivity contribution in [3.8, 4) is 0 Å². The number of hydrogen-bond donors (Lipinski definition) is 5. The van der Waals surface area contributed by atoms with Crippen molar-refractivity contribution in [2.45, 2.75) is 37.0 Å². The number of aliphatic hydroxyl groups excluding tert-OH is 2. The lowest BCUT2D eigenvalue weighted by Crippen LogP contribution is -2.51. The molecule has 28 heavy (non-hydrogen) atoms. The molecule has 154 valence electrons. The SMILES string of the molecule is CSCC[C@@H](C(=O)O)N(N)C[C@H]1O[C@@H](n2cnc3c(N)ncnc32)[C@H](O)[C@@H]1O. The number of nitrogens with two attached hydrogens (primary N) is 2. The van der Waals surface area contributed by atoms with E-state index in [9.17, 15) is 20.1 Å². The second-order valence-electron chi connectivity index (χ2n) is 6.46. The van der Waals surface area contributed by atoms with Gasteiger partial charge in [-0.2, -0.15) is 11.8 Å². The van der Waals surface area contributed by atoms with Gasteiger partial charge in [0.15, 0.2) is 17.7 Å². The first-order valence-corrected chi connectivity index (χ1v) is 9.92. The summed E-state index contributed by atoms with van der Waals surface area (Å²) in [7, 11) is 0. The average Bonchev–Trinajstić information content (AvgIpc) is 3.19. The van der Waals surface area contributed by atoms with Crippen LogP contribution in [0.5, 0.6) is 0 Å². The van der Waals surface area contributed by atoms with Crippen LogP contribution in [0.3, 0.4) is 0 Å². The van der Waals surface area contributed by atoms with Crippen molar-refractivity contribution in [2.24, 2.45) is 5.84 Å². The van der Waals surface area contributed by atoms with Gasteiger partial charge in [0, 0.05) is 6.54 Å². The molecule has 1 fully saturated rings. The summed E-state index contributed by atoms with van der Waals surface area (Å²) >= 11 is 1.51. The number of imidazole rings is 1. The minimum absolute atomic E-state index is 0.0795. The molecule has 0 bridgehead atoms. The Labute approximate surface area is 164 Å². The van der Waals surface area contributed by atoms with Crippen LogP contribution in [0.25, 0.3) is 11.2 Å². The van der Waals surface area contributed by atoms with Crippen LogP contribution in [0.2, 0.25) is 0 Å². The molecule has 3 heterocycles. The summed E-state index contributed by atoms with van der Waals surface area (Å²) in [6, 6.07) is -0.930. The summed E-state index contributed by atoms with van der Waals surface area (Å²) in [5, 5.41) is 31.4. The average molecular weight is 413 g/mol. The van der Waals surface area contributed by atoms with Crippen LogP contribution >= 0.6 is 11.8 Å². The Hall–Kier alpha value is -2.03. The summed E-state index contributed by atoms with van der Waals surface area (Å²) < 4.78 is 7.23. The Bertz CT molecular complexity index is 836. The van der Waals surface area contributed by atoms with Gasteiger partial charge in [-0.3, -0.25) is 15.2 Å². The van der Waals surface area contributed by atoms with Gasteiger partial charge in [0.1, 0.15) is 36.2 Å². The van der Waals surface area contributed by atoms with Gasteiger partial charge in [-0.25, -0.2) is 20.0 Å². The van der Waals surface area contributed by atoms with Crippen LogP contribution in [0.15, 0.2) is 12.7 Å². The Kier molecular flexibility index (Phi) is 6.32. The van der Waals surface area contributed by atoms with Gasteiger partial charge in [0.2, 0.25) is 0 Å². The number of hydrazine groups is 1. The zero-order valence-electron chi connectivity index (χ0n) is 15.1. The van der Waals surface area contributed by atoms with E-state index in [1.165, 1.54) is 29.0 Å². The zero-order chi connectivity index (χ0) is 20.4. The van der Waals surface area contributed by atoms with Gasteiger partial charge >= 0.3 is 5.97 Å². The van der Waals surface area contributed by atoms with Crippen LogP contribution in [0, 0.1) is 0 Å². The lowest BCUT2D eigenvalue weighted by Gasteiger charge is -2.27. The third-order valence-corrected chi connectivity index (χ3v) is 5.31. The highest BCUT2D eigenvalue weighted by Gasteiger charge is 2.45. The van der Waals surface area contributed by atoms with E-state index in [2.05, 4.69) is 15.0 Å². The van der Waals surface area contributed by atoms with E-state index in [0.717, 1.165) is 5.01 Å². The summed E-state index contributed by atoms with van der Waals surface area (Å²) in [5.74, 6) is 5.67. The van der Waals surface area contributed by atoms with Crippen LogP contribution in [0.4, 0.5) is 5.82 Å². The number of nitrogens with zero attached hydrogens (tertiary/aromatic N) is 5. The quantitative estimate of drug-likeness (QED) is 0.247. The number of carbonyl (C=O) groups is 1. The number of anilines is 1. The van der Waals surface area contributed by atoms with Gasteiger partial charge in [-0.05, 0) is 18.4 Å². The number of ether oxygens (including phenoxy) is 1. The molecule has 3 rings (SSSR count). The number of fused-ring (bicyclic) bond motifs is 1. The van der Waals surface area contributed by atoms with Crippen molar-refractivity contribution >= 4 is 34.7 Å². The van der Waals surface area contributed by atoms with E-state index in [1.54, 1.807) is 0 Å². The number of aromatic nitrogens is 4. The molecule has 0 spiro atoms. The molecule has 0 amide bonds. The van der Waals surface area contributed by atoms with Crippen molar-refractivity contribution in [2.75, 3.05) is 24.3 Å². The number of hydrogen-bond acceptors (Lipinski definition) is 11. The Morgan fingerprint density at radius 1 is 1.39 bits per heavy atom. The van der Waals surface area contributed by atoms with Gasteiger partial charge in [0.05, 0.1) is 6.33 Å². The number of carboxylic acid groups (broad SMARTS) is 1. The fourth-order valence-electron chi connectivity index (χ4n) is 3.16. The molecule has 0 unspecified atom stereocenters. The predicted molar refractivity (Wildman–Crippen MR) is 101 cm³/mol. The number of carboxylic acids is 1. The normalized spacial score (nSPS) is 26.2. The monoisotopic (exact) mass is 413 g/mol. The smallest absolute Gasteiger partial charge is 0.322 e. The molecule has 1 aliphatic rings. The predicted octanol–water partition coefficient (Wildman–Crippen LogP) is -1.59. The molecule has 0 saturated carbocycles. The maximum Gasteiger partial charge on any atom is 0.322 e. The lowest BCUT2D eigenvalue weighted by atomic mass is 10.1. The largest absolute Gasteiger partial charge is 0.480 e. The van der Waals surface area contributed by atoms with E-state index in [-0.39, 0.29) is 12.4 Å². The molecule has 2 aromatic rings. The maximum atomic E-state index is 11.5. The minimum atomic E-state index is -1.29. The van der Waals surface area contributed by atoms with Crippen LogP contribution in [0.1, 0.15) is 12.6 Å². The van der Waals surface area contributed by atoms with E-state index < -0.39 is 36.6 Å². The summed E-state index contributed by atoms with van der Waals surface area (Å²) in [4.78, 5) is 23.5. The molecule has 12 nitrogen and oxygen atoms in total. The first-order valence-electron chi connectivity index (χ1n) is 8.52. The molecule has 1 aliphatic heterocycles. The molecular weight excluding hydrogens is 390 g/mol. The number of nitrogen functional groups attached to an aromatic ring is 1. The molecule has 2 aromatic heterocycles. The second-order valence-corrected chi connectivity index (χ2v) is 7.45. The fourth-order valence-corrected chi connectivity index (χ4v) is 3.62. The van der Waals surface area contributed by atoms with Gasteiger partial charge in [-0.1, -0.05) is 0 Å². The molecular formula is C15H23N7O5S.